The Labute approximate surface area is 120 Å². The van der Waals surface area contributed by atoms with E-state index < -0.39 is 0 Å². The van der Waals surface area contributed by atoms with E-state index in [4.69, 9.17) is 0 Å². The summed E-state index contributed by atoms with van der Waals surface area (Å²) in [7, 11) is 0. The van der Waals surface area contributed by atoms with Crippen LogP contribution >= 0.6 is 0 Å². The summed E-state index contributed by atoms with van der Waals surface area (Å²) in [6.07, 6.45) is 6.56. The number of aromatic amines is 1. The Morgan fingerprint density at radius 1 is 1.06 bits per heavy atom. The molecule has 2 aromatic rings. The SMILES string of the molecule is [CH2-]CC.[CH2-]CC.[Ru+4].[c-]1ccc[nH]1.c1cc[cH-]c1. The van der Waals surface area contributed by atoms with E-state index in [9.17, 15) is 0 Å². The summed E-state index contributed by atoms with van der Waals surface area (Å²) in [6.45, 7) is 11.0. The molecule has 1 aromatic carbocycles. The zero-order chi connectivity index (χ0) is 12.5. The van der Waals surface area contributed by atoms with E-state index in [1.165, 1.54) is 0 Å². The molecule has 0 bridgehead atoms. The van der Waals surface area contributed by atoms with Gasteiger partial charge in [0.25, 0.3) is 0 Å². The number of hydrogen-bond acceptors (Lipinski definition) is 0. The Morgan fingerprint density at radius 2 is 1.53 bits per heavy atom. The molecule has 0 spiro atoms. The smallest absolute Gasteiger partial charge is 0.484 e. The number of H-pyrrole nitrogens is 1. The average Bonchev–Trinajstić information content (AvgIpc) is 3.00. The Kier molecular flexibility index (Phi) is 31.0. The van der Waals surface area contributed by atoms with E-state index in [1.807, 2.05) is 62.5 Å². The normalized spacial score (nSPS) is 6.82. The molecule has 2 heteroatoms. The molecule has 1 aromatic heterocycles. The summed E-state index contributed by atoms with van der Waals surface area (Å²) < 4.78 is 0. The van der Waals surface area contributed by atoms with Crippen LogP contribution < -0.4 is 0 Å². The van der Waals surface area contributed by atoms with E-state index >= 15 is 0 Å². The maximum absolute atomic E-state index is 3.49. The second kappa shape index (κ2) is 24.5. The average molecular weight is 318 g/mol. The molecule has 0 unspecified atom stereocenters. The molecule has 1 N–H and O–H groups in total. The molecule has 17 heavy (non-hydrogen) atoms. The van der Waals surface area contributed by atoms with Gasteiger partial charge in [-0.15, -0.1) is 6.20 Å². The predicted octanol–water partition coefficient (Wildman–Crippen LogP) is 4.68. The fraction of sp³-hybridized carbons (Fsp3) is 0.267. The molecule has 0 radical (unpaired) electrons. The van der Waals surface area contributed by atoms with Crippen LogP contribution in [0.4, 0.5) is 0 Å². The predicted molar refractivity (Wildman–Crippen MR) is 73.0 cm³/mol. The minimum absolute atomic E-state index is 0. The first kappa shape index (κ1) is 21.5. The van der Waals surface area contributed by atoms with E-state index in [2.05, 4.69) is 25.0 Å². The van der Waals surface area contributed by atoms with Gasteiger partial charge in [-0.3, -0.25) is 0 Å². The van der Waals surface area contributed by atoms with Crippen molar-refractivity contribution in [3.8, 4) is 0 Å². The van der Waals surface area contributed by atoms with E-state index in [0.717, 1.165) is 12.8 Å². The van der Waals surface area contributed by atoms with Gasteiger partial charge < -0.3 is 18.8 Å². The van der Waals surface area contributed by atoms with Crippen LogP contribution in [-0.4, -0.2) is 4.98 Å². The van der Waals surface area contributed by atoms with Crippen LogP contribution in [0.3, 0.4) is 0 Å². The van der Waals surface area contributed by atoms with Gasteiger partial charge in [-0.2, -0.15) is 49.4 Å². The van der Waals surface area contributed by atoms with E-state index in [1.54, 1.807) is 0 Å². The zero-order valence-electron chi connectivity index (χ0n) is 10.8. The van der Waals surface area contributed by atoms with Crippen molar-refractivity contribution in [1.29, 1.82) is 0 Å². The Balaban J connectivity index is -0.000000157. The molecule has 0 saturated carbocycles. The first-order valence-corrected chi connectivity index (χ1v) is 5.57. The second-order valence-electron chi connectivity index (χ2n) is 2.78. The van der Waals surface area contributed by atoms with Crippen molar-refractivity contribution in [2.45, 2.75) is 26.7 Å². The van der Waals surface area contributed by atoms with Gasteiger partial charge in [0.15, 0.2) is 0 Å². The van der Waals surface area contributed by atoms with Crippen LogP contribution in [-0.2, 0) is 19.5 Å². The monoisotopic (exact) mass is 319 g/mol. The van der Waals surface area contributed by atoms with Gasteiger partial charge >= 0.3 is 19.5 Å². The van der Waals surface area contributed by atoms with Crippen LogP contribution in [0.5, 0.6) is 0 Å². The van der Waals surface area contributed by atoms with Gasteiger partial charge in [-0.25, -0.2) is 12.1 Å². The third-order valence-corrected chi connectivity index (χ3v) is 0.998. The van der Waals surface area contributed by atoms with Crippen molar-refractivity contribution in [3.63, 3.8) is 0 Å². The first-order chi connectivity index (χ1) is 7.83. The minimum Gasteiger partial charge on any atom is -0.484 e. The van der Waals surface area contributed by atoms with Crippen LogP contribution in [0, 0.1) is 20.0 Å². The standard InChI is InChI=1S/C5H5.C4H4N.2C3H7.Ru/c2*1-2-4-5-3-1;2*1-3-2;/h1-5H;1-3,5H;2*1,3H2,2H3;/q4*-1;+4. The molecular weight excluding hydrogens is 295 g/mol. The molecule has 0 amide bonds. The van der Waals surface area contributed by atoms with Gasteiger partial charge in [-0.1, -0.05) is 13.8 Å². The summed E-state index contributed by atoms with van der Waals surface area (Å²) in [5.41, 5.74) is 0. The fourth-order valence-corrected chi connectivity index (χ4v) is 0.561. The van der Waals surface area contributed by atoms with Crippen LogP contribution in [0.2, 0.25) is 0 Å². The molecule has 96 valence electrons. The first-order valence-electron chi connectivity index (χ1n) is 5.57. The van der Waals surface area contributed by atoms with Gasteiger partial charge in [0.2, 0.25) is 0 Å². The van der Waals surface area contributed by atoms with Crippen LogP contribution in [0.25, 0.3) is 0 Å². The van der Waals surface area contributed by atoms with Crippen molar-refractivity contribution in [3.05, 3.63) is 68.7 Å². The van der Waals surface area contributed by atoms with Crippen molar-refractivity contribution in [1.82, 2.24) is 4.98 Å². The zero-order valence-corrected chi connectivity index (χ0v) is 12.5. The van der Waals surface area contributed by atoms with Gasteiger partial charge in [0, 0.05) is 0 Å². The largest absolute Gasteiger partial charge is 4.00 e. The number of nitrogens with one attached hydrogen (secondary N) is 1. The maximum atomic E-state index is 3.49. The Morgan fingerprint density at radius 3 is 1.65 bits per heavy atom. The van der Waals surface area contributed by atoms with Crippen molar-refractivity contribution < 1.29 is 19.5 Å². The summed E-state index contributed by atoms with van der Waals surface area (Å²) in [5.74, 6) is 0. The molecule has 0 atom stereocenters. The minimum atomic E-state index is 0. The van der Waals surface area contributed by atoms with Crippen LogP contribution in [0.15, 0.2) is 48.7 Å². The third kappa shape index (κ3) is 31.3. The summed E-state index contributed by atoms with van der Waals surface area (Å²) in [5, 5.41) is 0. The molecule has 0 fully saturated rings. The molecule has 1 heterocycles. The molecule has 1 nitrogen and oxygen atoms in total. The van der Waals surface area contributed by atoms with Gasteiger partial charge in [-0.05, 0) is 0 Å². The summed E-state index contributed by atoms with van der Waals surface area (Å²) >= 11 is 0. The van der Waals surface area contributed by atoms with Gasteiger partial charge in [0.05, 0.1) is 0 Å². The van der Waals surface area contributed by atoms with Crippen molar-refractivity contribution in [2.75, 3.05) is 0 Å². The van der Waals surface area contributed by atoms with E-state index in [-0.39, 0.29) is 19.5 Å². The fourth-order valence-electron chi connectivity index (χ4n) is 0.561. The second-order valence-corrected chi connectivity index (χ2v) is 2.78. The molecule has 0 aliphatic heterocycles. The topological polar surface area (TPSA) is 15.8 Å². The molecule has 0 aliphatic carbocycles. The Hall–Kier alpha value is -0.747. The van der Waals surface area contributed by atoms with Crippen molar-refractivity contribution in [2.24, 2.45) is 0 Å². The maximum Gasteiger partial charge on any atom is 4.00 e. The molecular formula is C15H23NRu. The summed E-state index contributed by atoms with van der Waals surface area (Å²) in [6, 6.07) is 13.7. The van der Waals surface area contributed by atoms with E-state index in [0.29, 0.717) is 0 Å². The molecule has 0 aliphatic rings. The Bertz CT molecular complexity index is 173. The number of aromatic nitrogens is 1. The number of rotatable bonds is 0. The van der Waals surface area contributed by atoms with Crippen molar-refractivity contribution >= 4 is 0 Å². The third-order valence-electron chi connectivity index (χ3n) is 0.998. The number of hydrogen-bond donors (Lipinski definition) is 1. The van der Waals surface area contributed by atoms with Gasteiger partial charge in [0.1, 0.15) is 0 Å². The summed E-state index contributed by atoms with van der Waals surface area (Å²) in [4.78, 5) is 2.74. The molecule has 0 saturated heterocycles. The quantitative estimate of drug-likeness (QED) is 0.536. The van der Waals surface area contributed by atoms with Crippen LogP contribution in [0.1, 0.15) is 26.7 Å². The molecule has 2 rings (SSSR count).